The summed E-state index contributed by atoms with van der Waals surface area (Å²) in [5, 5.41) is 15.7. The molecule has 3 N–H and O–H groups in total. The first-order valence-electron chi connectivity index (χ1n) is 7.36. The van der Waals surface area contributed by atoms with Crippen molar-refractivity contribution in [3.05, 3.63) is 58.7 Å². The highest BCUT2D eigenvalue weighted by molar-refractivity contribution is 5.60. The lowest BCUT2D eigenvalue weighted by atomic mass is 10.0. The second kappa shape index (κ2) is 7.14. The fraction of sp³-hybridized carbons (Fsp3) is 0.333. The van der Waals surface area contributed by atoms with Crippen LogP contribution in [0.4, 0.5) is 11.4 Å². The Hall–Kier alpha value is -2.00. The van der Waals surface area contributed by atoms with Gasteiger partial charge in [-0.25, -0.2) is 0 Å². The Morgan fingerprint density at radius 3 is 2.29 bits per heavy atom. The first-order valence-corrected chi connectivity index (χ1v) is 7.36. The minimum atomic E-state index is 0.137. The number of hydrogen-bond donors (Lipinski definition) is 3. The van der Waals surface area contributed by atoms with E-state index in [0.717, 1.165) is 12.2 Å². The minimum absolute atomic E-state index is 0.137. The first-order chi connectivity index (χ1) is 10.1. The SMILES string of the molecule is Cc1cc(C)c(NCc2ccccc2NCCO)c(C)c1. The molecule has 0 fully saturated rings. The van der Waals surface area contributed by atoms with Gasteiger partial charge in [0.15, 0.2) is 0 Å². The molecule has 0 unspecified atom stereocenters. The molecule has 3 heteroatoms. The third-order valence-corrected chi connectivity index (χ3v) is 3.58. The Morgan fingerprint density at radius 2 is 1.62 bits per heavy atom. The molecule has 0 saturated heterocycles. The second-order valence-corrected chi connectivity index (χ2v) is 5.43. The topological polar surface area (TPSA) is 44.3 Å². The van der Waals surface area contributed by atoms with Gasteiger partial charge in [-0.05, 0) is 43.5 Å². The quantitative estimate of drug-likeness (QED) is 0.759. The van der Waals surface area contributed by atoms with Crippen LogP contribution in [0, 0.1) is 20.8 Å². The van der Waals surface area contributed by atoms with Gasteiger partial charge in [-0.2, -0.15) is 0 Å². The standard InChI is InChI=1S/C18H24N2O/c1-13-10-14(2)18(15(3)11-13)20-12-16-6-4-5-7-17(16)19-8-9-21/h4-7,10-11,19-21H,8-9,12H2,1-3H3. The highest BCUT2D eigenvalue weighted by atomic mass is 16.3. The van der Waals surface area contributed by atoms with Gasteiger partial charge in [0.2, 0.25) is 0 Å². The molecule has 0 aliphatic rings. The molecule has 0 amide bonds. The molecule has 2 aromatic carbocycles. The van der Waals surface area contributed by atoms with Crippen LogP contribution in [0.25, 0.3) is 0 Å². The molecule has 2 rings (SSSR count). The molecule has 0 saturated carbocycles. The third kappa shape index (κ3) is 3.99. The lowest BCUT2D eigenvalue weighted by Crippen LogP contribution is -2.10. The van der Waals surface area contributed by atoms with Crippen molar-refractivity contribution in [2.45, 2.75) is 27.3 Å². The average Bonchev–Trinajstić information content (AvgIpc) is 2.45. The van der Waals surface area contributed by atoms with E-state index in [-0.39, 0.29) is 6.61 Å². The Labute approximate surface area is 127 Å². The Bertz CT molecular complexity index is 585. The summed E-state index contributed by atoms with van der Waals surface area (Å²) in [6.07, 6.45) is 0. The maximum Gasteiger partial charge on any atom is 0.0604 e. The zero-order chi connectivity index (χ0) is 15.2. The van der Waals surface area contributed by atoms with Crippen molar-refractivity contribution in [3.8, 4) is 0 Å². The molecule has 112 valence electrons. The number of para-hydroxylation sites is 1. The van der Waals surface area contributed by atoms with Crippen molar-refractivity contribution in [2.75, 3.05) is 23.8 Å². The second-order valence-electron chi connectivity index (χ2n) is 5.43. The Balaban J connectivity index is 2.13. The zero-order valence-corrected chi connectivity index (χ0v) is 13.0. The number of aryl methyl sites for hydroxylation is 3. The van der Waals surface area contributed by atoms with Crippen LogP contribution in [0.1, 0.15) is 22.3 Å². The molecule has 0 aliphatic carbocycles. The largest absolute Gasteiger partial charge is 0.395 e. The summed E-state index contributed by atoms with van der Waals surface area (Å²) < 4.78 is 0. The van der Waals surface area contributed by atoms with Crippen LogP contribution in [0.2, 0.25) is 0 Å². The fourth-order valence-corrected chi connectivity index (χ4v) is 2.68. The van der Waals surface area contributed by atoms with Crippen LogP contribution in [0.3, 0.4) is 0 Å². The number of benzene rings is 2. The summed E-state index contributed by atoms with van der Waals surface area (Å²) in [7, 11) is 0. The summed E-state index contributed by atoms with van der Waals surface area (Å²) in [5.74, 6) is 0. The predicted octanol–water partition coefficient (Wildman–Crippen LogP) is 3.63. The van der Waals surface area contributed by atoms with E-state index >= 15 is 0 Å². The molecule has 3 nitrogen and oxygen atoms in total. The lowest BCUT2D eigenvalue weighted by molar-refractivity contribution is 0.311. The monoisotopic (exact) mass is 284 g/mol. The third-order valence-electron chi connectivity index (χ3n) is 3.58. The van der Waals surface area contributed by atoms with Gasteiger partial charge in [-0.3, -0.25) is 0 Å². The van der Waals surface area contributed by atoms with Crippen LogP contribution in [0.15, 0.2) is 36.4 Å². The van der Waals surface area contributed by atoms with E-state index in [4.69, 9.17) is 5.11 Å². The number of nitrogens with one attached hydrogen (secondary N) is 2. The van der Waals surface area contributed by atoms with Gasteiger partial charge >= 0.3 is 0 Å². The number of rotatable bonds is 6. The maximum absolute atomic E-state index is 8.95. The van der Waals surface area contributed by atoms with Crippen LogP contribution < -0.4 is 10.6 Å². The van der Waals surface area contributed by atoms with Gasteiger partial charge in [-0.15, -0.1) is 0 Å². The van der Waals surface area contributed by atoms with E-state index < -0.39 is 0 Å². The highest BCUT2D eigenvalue weighted by Gasteiger charge is 2.05. The molecule has 0 atom stereocenters. The molecule has 2 aromatic rings. The van der Waals surface area contributed by atoms with Gasteiger partial charge in [-0.1, -0.05) is 35.9 Å². The number of hydrogen-bond acceptors (Lipinski definition) is 3. The van der Waals surface area contributed by atoms with Gasteiger partial charge in [0.1, 0.15) is 0 Å². The molecule has 0 radical (unpaired) electrons. The Kier molecular flexibility index (Phi) is 5.23. The van der Waals surface area contributed by atoms with E-state index in [1.165, 1.54) is 27.9 Å². The molecular formula is C18H24N2O. The van der Waals surface area contributed by atoms with Crippen LogP contribution in [-0.2, 0) is 6.54 Å². The lowest BCUT2D eigenvalue weighted by Gasteiger charge is -2.16. The smallest absolute Gasteiger partial charge is 0.0604 e. The van der Waals surface area contributed by atoms with Gasteiger partial charge in [0.25, 0.3) is 0 Å². The molecular weight excluding hydrogens is 260 g/mol. The molecule has 0 aliphatic heterocycles. The van der Waals surface area contributed by atoms with Crippen molar-refractivity contribution >= 4 is 11.4 Å². The van der Waals surface area contributed by atoms with E-state index in [2.05, 4.69) is 49.6 Å². The van der Waals surface area contributed by atoms with Crippen LogP contribution >= 0.6 is 0 Å². The molecule has 0 spiro atoms. The molecule has 21 heavy (non-hydrogen) atoms. The van der Waals surface area contributed by atoms with E-state index in [0.29, 0.717) is 6.54 Å². The van der Waals surface area contributed by atoms with E-state index in [9.17, 15) is 0 Å². The van der Waals surface area contributed by atoms with Crippen LogP contribution in [-0.4, -0.2) is 18.3 Å². The number of anilines is 2. The molecule has 0 aromatic heterocycles. The Morgan fingerprint density at radius 1 is 0.952 bits per heavy atom. The van der Waals surface area contributed by atoms with Crippen molar-refractivity contribution in [1.82, 2.24) is 0 Å². The summed E-state index contributed by atoms with van der Waals surface area (Å²) in [6.45, 7) is 7.87. The van der Waals surface area contributed by atoms with Crippen molar-refractivity contribution in [1.29, 1.82) is 0 Å². The van der Waals surface area contributed by atoms with Gasteiger partial charge < -0.3 is 15.7 Å². The first kappa shape index (κ1) is 15.4. The molecule has 0 bridgehead atoms. The summed E-state index contributed by atoms with van der Waals surface area (Å²) in [6, 6.07) is 12.6. The highest BCUT2D eigenvalue weighted by Crippen LogP contribution is 2.24. The zero-order valence-electron chi connectivity index (χ0n) is 13.0. The minimum Gasteiger partial charge on any atom is -0.395 e. The number of aliphatic hydroxyl groups excluding tert-OH is 1. The predicted molar refractivity (Wildman–Crippen MR) is 90.0 cm³/mol. The van der Waals surface area contributed by atoms with Gasteiger partial charge in [0, 0.05) is 24.5 Å². The van der Waals surface area contributed by atoms with Crippen LogP contribution in [0.5, 0.6) is 0 Å². The van der Waals surface area contributed by atoms with Crippen molar-refractivity contribution in [3.63, 3.8) is 0 Å². The maximum atomic E-state index is 8.95. The summed E-state index contributed by atoms with van der Waals surface area (Å²) in [5.41, 5.74) is 7.31. The van der Waals surface area contributed by atoms with E-state index in [1.807, 2.05) is 18.2 Å². The normalized spacial score (nSPS) is 10.5. The summed E-state index contributed by atoms with van der Waals surface area (Å²) >= 11 is 0. The summed E-state index contributed by atoms with van der Waals surface area (Å²) in [4.78, 5) is 0. The molecule has 0 heterocycles. The van der Waals surface area contributed by atoms with Crippen molar-refractivity contribution < 1.29 is 5.11 Å². The van der Waals surface area contributed by atoms with E-state index in [1.54, 1.807) is 0 Å². The fourth-order valence-electron chi connectivity index (χ4n) is 2.68. The van der Waals surface area contributed by atoms with Gasteiger partial charge in [0.05, 0.1) is 6.61 Å². The average molecular weight is 284 g/mol. The van der Waals surface area contributed by atoms with Crippen molar-refractivity contribution in [2.24, 2.45) is 0 Å². The number of aliphatic hydroxyl groups is 1.